The van der Waals surface area contributed by atoms with Crippen molar-refractivity contribution in [1.82, 2.24) is 14.8 Å². The van der Waals surface area contributed by atoms with Crippen molar-refractivity contribution in [1.29, 1.82) is 0 Å². The molecule has 1 N–H and O–H groups in total. The van der Waals surface area contributed by atoms with E-state index in [1.165, 1.54) is 4.90 Å². The molecule has 0 spiro atoms. The van der Waals surface area contributed by atoms with Gasteiger partial charge in [0.05, 0.1) is 11.6 Å². The van der Waals surface area contributed by atoms with Crippen LogP contribution in [0.5, 0.6) is 5.75 Å². The number of Topliss-reactive ketones (excluding diaryl/α,β-unsaturated/α-hetero) is 1. The van der Waals surface area contributed by atoms with Gasteiger partial charge in [-0.05, 0) is 63.0 Å². The van der Waals surface area contributed by atoms with Crippen molar-refractivity contribution in [3.8, 4) is 5.75 Å². The van der Waals surface area contributed by atoms with Gasteiger partial charge in [0.2, 0.25) is 0 Å². The molecule has 7 nitrogen and oxygen atoms in total. The van der Waals surface area contributed by atoms with Gasteiger partial charge >= 0.3 is 0 Å². The van der Waals surface area contributed by atoms with E-state index >= 15 is 0 Å². The molecule has 1 aliphatic rings. The SMILES string of the molecule is C=CCOc1ccc(C(O)=C2C(=O)C(=O)N(CCCN(C)C)[C@H]2c2cccnc2)cc1. The first kappa shape index (κ1) is 22.2. The molecule has 162 valence electrons. The average Bonchev–Trinajstić information content (AvgIpc) is 3.03. The first-order valence-electron chi connectivity index (χ1n) is 10.1. The number of hydrogen-bond donors (Lipinski definition) is 1. The number of nitrogens with zero attached hydrogens (tertiary/aromatic N) is 3. The summed E-state index contributed by atoms with van der Waals surface area (Å²) in [6.07, 6.45) is 5.59. The van der Waals surface area contributed by atoms with Crippen molar-refractivity contribution in [2.45, 2.75) is 12.5 Å². The van der Waals surface area contributed by atoms with E-state index in [-0.39, 0.29) is 11.3 Å². The van der Waals surface area contributed by atoms with Crippen molar-refractivity contribution >= 4 is 17.4 Å². The van der Waals surface area contributed by atoms with E-state index < -0.39 is 17.7 Å². The maximum Gasteiger partial charge on any atom is 0.295 e. The van der Waals surface area contributed by atoms with Gasteiger partial charge in [-0.2, -0.15) is 0 Å². The number of aromatic nitrogens is 1. The zero-order chi connectivity index (χ0) is 22.4. The number of ketones is 1. The predicted molar refractivity (Wildman–Crippen MR) is 119 cm³/mol. The molecule has 1 saturated heterocycles. The Hall–Kier alpha value is -3.45. The van der Waals surface area contributed by atoms with Crippen LogP contribution in [-0.2, 0) is 9.59 Å². The topological polar surface area (TPSA) is 83.0 Å². The normalized spacial score (nSPS) is 17.9. The van der Waals surface area contributed by atoms with E-state index in [1.807, 2.05) is 25.1 Å². The van der Waals surface area contributed by atoms with Gasteiger partial charge in [-0.15, -0.1) is 0 Å². The molecule has 0 unspecified atom stereocenters. The van der Waals surface area contributed by atoms with Crippen LogP contribution in [0.25, 0.3) is 5.76 Å². The Balaban J connectivity index is 2.00. The van der Waals surface area contributed by atoms with E-state index in [1.54, 1.807) is 48.8 Å². The summed E-state index contributed by atoms with van der Waals surface area (Å²) in [7, 11) is 3.91. The minimum absolute atomic E-state index is 0.0719. The lowest BCUT2D eigenvalue weighted by Crippen LogP contribution is -2.32. The number of carbonyl (C=O) groups is 2. The number of hydrogen-bond acceptors (Lipinski definition) is 6. The van der Waals surface area contributed by atoms with Crippen molar-refractivity contribution in [3.63, 3.8) is 0 Å². The highest BCUT2D eigenvalue weighted by Gasteiger charge is 2.45. The number of aliphatic hydroxyl groups excluding tert-OH is 1. The van der Waals surface area contributed by atoms with E-state index in [0.29, 0.717) is 36.4 Å². The lowest BCUT2D eigenvalue weighted by atomic mass is 9.96. The van der Waals surface area contributed by atoms with E-state index in [2.05, 4.69) is 11.6 Å². The second-order valence-electron chi connectivity index (χ2n) is 7.56. The smallest absolute Gasteiger partial charge is 0.295 e. The van der Waals surface area contributed by atoms with Crippen molar-refractivity contribution < 1.29 is 19.4 Å². The van der Waals surface area contributed by atoms with Crippen LogP contribution in [0.4, 0.5) is 0 Å². The molecule has 1 atom stereocenters. The third-order valence-electron chi connectivity index (χ3n) is 5.04. The first-order valence-corrected chi connectivity index (χ1v) is 10.1. The Morgan fingerprint density at radius 1 is 1.26 bits per heavy atom. The minimum atomic E-state index is -0.691. The van der Waals surface area contributed by atoms with Crippen LogP contribution in [0.3, 0.4) is 0 Å². The van der Waals surface area contributed by atoms with Crippen LogP contribution in [0, 0.1) is 0 Å². The summed E-state index contributed by atoms with van der Waals surface area (Å²) in [5.41, 5.74) is 1.19. The Morgan fingerprint density at radius 2 is 2.00 bits per heavy atom. The third-order valence-corrected chi connectivity index (χ3v) is 5.04. The second kappa shape index (κ2) is 10.0. The second-order valence-corrected chi connectivity index (χ2v) is 7.56. The first-order chi connectivity index (χ1) is 14.9. The van der Waals surface area contributed by atoms with Gasteiger partial charge in [0.1, 0.15) is 18.1 Å². The average molecular weight is 421 g/mol. The fraction of sp³-hybridized carbons (Fsp3) is 0.292. The summed E-state index contributed by atoms with van der Waals surface area (Å²) in [6, 6.07) is 9.59. The lowest BCUT2D eigenvalue weighted by Gasteiger charge is -2.25. The van der Waals surface area contributed by atoms with Crippen LogP contribution in [0.2, 0.25) is 0 Å². The van der Waals surface area contributed by atoms with E-state index in [4.69, 9.17) is 4.74 Å². The van der Waals surface area contributed by atoms with Crippen molar-refractivity contribution in [3.05, 3.63) is 78.1 Å². The van der Waals surface area contributed by atoms with Gasteiger partial charge < -0.3 is 19.6 Å². The number of carbonyl (C=O) groups excluding carboxylic acids is 2. The number of pyridine rings is 1. The molecule has 0 aliphatic carbocycles. The number of rotatable bonds is 9. The quantitative estimate of drug-likeness (QED) is 0.290. The predicted octanol–water partition coefficient (Wildman–Crippen LogP) is 3.02. The molecule has 2 aromatic rings. The Labute approximate surface area is 182 Å². The molecular formula is C24H27N3O4. The molecule has 2 heterocycles. The molecule has 0 saturated carbocycles. The molecule has 31 heavy (non-hydrogen) atoms. The minimum Gasteiger partial charge on any atom is -0.507 e. The van der Waals surface area contributed by atoms with Crippen LogP contribution in [0.1, 0.15) is 23.6 Å². The maximum absolute atomic E-state index is 12.9. The molecule has 3 rings (SSSR count). The molecule has 0 radical (unpaired) electrons. The Kier molecular flexibility index (Phi) is 7.20. The molecule has 1 aromatic heterocycles. The monoisotopic (exact) mass is 421 g/mol. The fourth-order valence-corrected chi connectivity index (χ4v) is 3.57. The third kappa shape index (κ3) is 5.00. The Morgan fingerprint density at radius 3 is 2.61 bits per heavy atom. The summed E-state index contributed by atoms with van der Waals surface area (Å²) in [6.45, 7) is 5.14. The zero-order valence-corrected chi connectivity index (χ0v) is 17.8. The van der Waals surface area contributed by atoms with Gasteiger partial charge in [-0.25, -0.2) is 0 Å². The van der Waals surface area contributed by atoms with E-state index in [0.717, 1.165) is 6.54 Å². The number of amides is 1. The summed E-state index contributed by atoms with van der Waals surface area (Å²) < 4.78 is 5.47. The van der Waals surface area contributed by atoms with E-state index in [9.17, 15) is 14.7 Å². The molecule has 1 fully saturated rings. The lowest BCUT2D eigenvalue weighted by molar-refractivity contribution is -0.139. The van der Waals surface area contributed by atoms with Crippen LogP contribution < -0.4 is 4.74 Å². The van der Waals surface area contributed by atoms with Crippen molar-refractivity contribution in [2.24, 2.45) is 0 Å². The summed E-state index contributed by atoms with van der Waals surface area (Å²) in [5.74, 6) is -0.898. The summed E-state index contributed by atoms with van der Waals surface area (Å²) >= 11 is 0. The van der Waals surface area contributed by atoms with Crippen LogP contribution in [-0.4, -0.2) is 65.4 Å². The largest absolute Gasteiger partial charge is 0.507 e. The molecular weight excluding hydrogens is 394 g/mol. The highest BCUT2D eigenvalue weighted by atomic mass is 16.5. The molecule has 0 bridgehead atoms. The molecule has 1 aliphatic heterocycles. The highest BCUT2D eigenvalue weighted by Crippen LogP contribution is 2.39. The molecule has 1 amide bonds. The van der Waals surface area contributed by atoms with Crippen LogP contribution >= 0.6 is 0 Å². The van der Waals surface area contributed by atoms with Crippen LogP contribution in [0.15, 0.2) is 67.0 Å². The summed E-state index contributed by atoms with van der Waals surface area (Å²) in [4.78, 5) is 33.5. The summed E-state index contributed by atoms with van der Waals surface area (Å²) in [5, 5.41) is 11.0. The van der Waals surface area contributed by atoms with Gasteiger partial charge in [0, 0.05) is 24.5 Å². The number of likely N-dealkylation sites (tertiary alicyclic amines) is 1. The number of benzene rings is 1. The van der Waals surface area contributed by atoms with Gasteiger partial charge in [0.15, 0.2) is 0 Å². The number of ether oxygens (including phenoxy) is 1. The number of aliphatic hydroxyl groups is 1. The zero-order valence-electron chi connectivity index (χ0n) is 17.8. The maximum atomic E-state index is 12.9. The van der Waals surface area contributed by atoms with Crippen molar-refractivity contribution in [2.75, 3.05) is 33.8 Å². The van der Waals surface area contributed by atoms with Gasteiger partial charge in [0.25, 0.3) is 11.7 Å². The molecule has 1 aromatic carbocycles. The fourth-order valence-electron chi connectivity index (χ4n) is 3.57. The van der Waals surface area contributed by atoms with Gasteiger partial charge in [-0.1, -0.05) is 18.7 Å². The van der Waals surface area contributed by atoms with Gasteiger partial charge in [-0.3, -0.25) is 14.6 Å². The standard InChI is InChI=1S/C24H27N3O4/c1-4-15-31-19-10-8-17(9-11-19)22(28)20-21(18-7-5-12-25-16-18)27(24(30)23(20)29)14-6-13-26(2)3/h4-5,7-12,16,21,28H,1,6,13-15H2,2-3H3/t21-/m0/s1. The highest BCUT2D eigenvalue weighted by molar-refractivity contribution is 6.46. The Bertz CT molecular complexity index is 968. The molecule has 7 heteroatoms.